The van der Waals surface area contributed by atoms with Crippen LogP contribution in [0.1, 0.15) is 31.2 Å². The summed E-state index contributed by atoms with van der Waals surface area (Å²) < 4.78 is 39.1. The maximum atomic E-state index is 13.0. The van der Waals surface area contributed by atoms with Crippen molar-refractivity contribution >= 4 is 22.6 Å². The number of alkyl halides is 3. The molecule has 1 aliphatic heterocycles. The molecule has 33 heavy (non-hydrogen) atoms. The number of nitrogens with one attached hydrogen (secondary N) is 2. The fourth-order valence-electron chi connectivity index (χ4n) is 4.64. The van der Waals surface area contributed by atoms with E-state index in [-0.39, 0.29) is 35.6 Å². The Kier molecular flexibility index (Phi) is 6.72. The maximum Gasteiger partial charge on any atom is 0.416 e. The molecule has 176 valence electrons. The van der Waals surface area contributed by atoms with Gasteiger partial charge < -0.3 is 15.7 Å². The highest BCUT2D eigenvalue weighted by Gasteiger charge is 2.36. The average molecular weight is 461 g/mol. The van der Waals surface area contributed by atoms with Crippen LogP contribution in [0.5, 0.6) is 0 Å². The summed E-state index contributed by atoms with van der Waals surface area (Å²) in [5.41, 5.74) is -0.435. The van der Waals surface area contributed by atoms with Gasteiger partial charge in [0.05, 0.1) is 23.7 Å². The van der Waals surface area contributed by atoms with E-state index in [1.54, 1.807) is 0 Å². The molecule has 1 aromatic heterocycles. The highest BCUT2D eigenvalue weighted by atomic mass is 19.4. The smallest absolute Gasteiger partial charge is 0.380 e. The molecule has 1 aliphatic carbocycles. The molecule has 1 amide bonds. The second-order valence-electron chi connectivity index (χ2n) is 8.70. The number of carbonyl (C=O) groups excluding carboxylic acids is 1. The van der Waals surface area contributed by atoms with Crippen LogP contribution in [0.15, 0.2) is 24.5 Å². The van der Waals surface area contributed by atoms with E-state index in [4.69, 9.17) is 6.42 Å². The lowest BCUT2D eigenvalue weighted by molar-refractivity contribution is -0.137. The van der Waals surface area contributed by atoms with Gasteiger partial charge in [-0.2, -0.15) is 13.2 Å². The molecule has 1 atom stereocenters. The second-order valence-corrected chi connectivity index (χ2v) is 8.70. The summed E-state index contributed by atoms with van der Waals surface area (Å²) in [5, 5.41) is 15.8. The van der Waals surface area contributed by atoms with E-state index >= 15 is 0 Å². The molecule has 1 saturated heterocycles. The molecule has 0 spiro atoms. The molecule has 2 aromatic rings. The molecule has 0 bridgehead atoms. The fraction of sp³-hybridized carbons (Fsp3) is 0.522. The van der Waals surface area contributed by atoms with E-state index in [2.05, 4.69) is 31.4 Å². The van der Waals surface area contributed by atoms with Gasteiger partial charge in [0.2, 0.25) is 5.91 Å². The van der Waals surface area contributed by atoms with Crippen molar-refractivity contribution in [3.63, 3.8) is 0 Å². The molecular weight excluding hydrogens is 435 g/mol. The third kappa shape index (κ3) is 5.37. The maximum absolute atomic E-state index is 13.0. The molecule has 1 aromatic carbocycles. The van der Waals surface area contributed by atoms with Crippen molar-refractivity contribution in [1.82, 2.24) is 20.2 Å². The number of hydrogen-bond acceptors (Lipinski definition) is 6. The lowest BCUT2D eigenvalue weighted by atomic mass is 9.81. The van der Waals surface area contributed by atoms with E-state index in [0.29, 0.717) is 11.6 Å². The van der Waals surface area contributed by atoms with Crippen LogP contribution < -0.4 is 10.6 Å². The fourth-order valence-corrected chi connectivity index (χ4v) is 4.64. The summed E-state index contributed by atoms with van der Waals surface area (Å²) in [6.45, 7) is 1.40. The predicted octanol–water partition coefficient (Wildman–Crippen LogP) is 2.41. The molecule has 4 rings (SSSR count). The lowest BCUT2D eigenvalue weighted by Crippen LogP contribution is -2.63. The molecule has 2 aliphatic rings. The van der Waals surface area contributed by atoms with Gasteiger partial charge in [0, 0.05) is 24.5 Å². The van der Waals surface area contributed by atoms with Crippen molar-refractivity contribution in [3.8, 4) is 12.3 Å². The summed E-state index contributed by atoms with van der Waals surface area (Å²) >= 11 is 0. The Morgan fingerprint density at radius 1 is 1.24 bits per heavy atom. The zero-order valence-corrected chi connectivity index (χ0v) is 18.0. The van der Waals surface area contributed by atoms with Crippen molar-refractivity contribution in [2.75, 3.05) is 25.0 Å². The van der Waals surface area contributed by atoms with E-state index in [0.717, 1.165) is 50.9 Å². The van der Waals surface area contributed by atoms with Crippen LogP contribution in [-0.4, -0.2) is 63.7 Å². The van der Waals surface area contributed by atoms with Crippen molar-refractivity contribution < 1.29 is 23.1 Å². The van der Waals surface area contributed by atoms with Crippen molar-refractivity contribution in [2.45, 2.75) is 50.0 Å². The molecule has 0 radical (unpaired) electrons. The zero-order chi connectivity index (χ0) is 23.6. The number of nitrogens with zero attached hydrogens (tertiary/aromatic N) is 3. The number of amides is 1. The first-order valence-corrected chi connectivity index (χ1v) is 11.0. The molecule has 1 saturated carbocycles. The van der Waals surface area contributed by atoms with Gasteiger partial charge in [0.25, 0.3) is 0 Å². The lowest BCUT2D eigenvalue weighted by Gasteiger charge is -2.47. The van der Waals surface area contributed by atoms with Crippen molar-refractivity contribution in [2.24, 2.45) is 5.92 Å². The number of rotatable bonds is 6. The third-order valence-electron chi connectivity index (χ3n) is 6.53. The van der Waals surface area contributed by atoms with Crippen LogP contribution in [0.3, 0.4) is 0 Å². The minimum absolute atomic E-state index is 0.0345. The number of aliphatic hydroxyl groups excluding tert-OH is 1. The predicted molar refractivity (Wildman–Crippen MR) is 117 cm³/mol. The number of halogens is 3. The van der Waals surface area contributed by atoms with Gasteiger partial charge >= 0.3 is 6.18 Å². The molecule has 10 heteroatoms. The first kappa shape index (κ1) is 23.3. The number of likely N-dealkylation sites (tertiary alicyclic amines) is 1. The molecular formula is C23H26F3N5O2. The van der Waals surface area contributed by atoms with Crippen molar-refractivity contribution in [1.29, 1.82) is 0 Å². The van der Waals surface area contributed by atoms with E-state index in [1.165, 1.54) is 12.4 Å². The number of fused-ring (bicyclic) bond motifs is 1. The summed E-state index contributed by atoms with van der Waals surface area (Å²) in [6, 6.07) is 3.71. The monoisotopic (exact) mass is 461 g/mol. The number of hydrogen-bond donors (Lipinski definition) is 3. The van der Waals surface area contributed by atoms with Crippen LogP contribution >= 0.6 is 0 Å². The third-order valence-corrected chi connectivity index (χ3v) is 6.53. The second kappa shape index (κ2) is 9.53. The average Bonchev–Trinajstić information content (AvgIpc) is 2.78. The first-order valence-electron chi connectivity index (χ1n) is 11.0. The number of anilines is 1. The Balaban J connectivity index is 1.25. The zero-order valence-electron chi connectivity index (χ0n) is 18.0. The van der Waals surface area contributed by atoms with E-state index in [9.17, 15) is 23.1 Å². The molecule has 3 N–H and O–H groups in total. The Labute approximate surface area is 189 Å². The van der Waals surface area contributed by atoms with Gasteiger partial charge in [0.15, 0.2) is 0 Å². The van der Waals surface area contributed by atoms with Gasteiger partial charge in [-0.3, -0.25) is 9.69 Å². The number of terminal acetylenes is 1. The summed E-state index contributed by atoms with van der Waals surface area (Å²) in [5.74, 6) is 2.51. The highest BCUT2D eigenvalue weighted by Crippen LogP contribution is 2.33. The largest absolute Gasteiger partial charge is 0.416 e. The van der Waals surface area contributed by atoms with Gasteiger partial charge in [-0.15, -0.1) is 6.42 Å². The quantitative estimate of drug-likeness (QED) is 0.573. The minimum Gasteiger partial charge on any atom is -0.380 e. The van der Waals surface area contributed by atoms with Crippen LogP contribution in [0.4, 0.5) is 19.0 Å². The van der Waals surface area contributed by atoms with Gasteiger partial charge in [-0.05, 0) is 49.8 Å². The topological polar surface area (TPSA) is 90.4 Å². The highest BCUT2D eigenvalue weighted by molar-refractivity contribution is 5.91. The van der Waals surface area contributed by atoms with Crippen molar-refractivity contribution in [3.05, 3.63) is 30.1 Å². The molecule has 7 nitrogen and oxygen atoms in total. The molecule has 1 unspecified atom stereocenters. The van der Waals surface area contributed by atoms with Gasteiger partial charge in [0.1, 0.15) is 18.2 Å². The summed E-state index contributed by atoms with van der Waals surface area (Å²) in [6.07, 6.45) is 5.16. The summed E-state index contributed by atoms with van der Waals surface area (Å²) in [7, 11) is 0. The SMILES string of the molecule is C#CC(O)[C@H]1CC[C@H](N2CC(NC(=O)CNc3ncnc4ccc(C(F)(F)F)cc34)C2)CC1. The standard InChI is InChI=1S/C23H26F3N5O2/c1-2-20(32)14-3-6-17(7-4-14)31-11-16(12-31)30-21(33)10-27-22-18-9-15(23(24,25)26)5-8-19(18)28-13-29-22/h1,5,8-9,13-14,16-17,20,32H,3-4,6-7,10-12H2,(H,30,33)(H,27,28,29)/t14-,17-,20?. The van der Waals surface area contributed by atoms with Gasteiger partial charge in [-0.1, -0.05) is 5.92 Å². The number of aromatic nitrogens is 2. The van der Waals surface area contributed by atoms with Crippen LogP contribution in [0.25, 0.3) is 10.9 Å². The minimum atomic E-state index is -4.48. The Bertz CT molecular complexity index is 1040. The van der Waals surface area contributed by atoms with Crippen LogP contribution in [0, 0.1) is 18.3 Å². The normalized spacial score (nSPS) is 22.9. The number of benzene rings is 1. The Morgan fingerprint density at radius 3 is 2.64 bits per heavy atom. The van der Waals surface area contributed by atoms with Crippen LogP contribution in [0.2, 0.25) is 0 Å². The Morgan fingerprint density at radius 2 is 1.97 bits per heavy atom. The number of aliphatic hydroxyl groups is 1. The summed E-state index contributed by atoms with van der Waals surface area (Å²) in [4.78, 5) is 22.7. The van der Waals surface area contributed by atoms with Crippen LogP contribution in [-0.2, 0) is 11.0 Å². The molecule has 2 fully saturated rings. The van der Waals surface area contributed by atoms with Gasteiger partial charge in [-0.25, -0.2) is 9.97 Å². The van der Waals surface area contributed by atoms with E-state index in [1.807, 2.05) is 0 Å². The Hall–Kier alpha value is -2.90. The number of carbonyl (C=O) groups is 1. The molecule has 2 heterocycles. The first-order chi connectivity index (χ1) is 15.7. The van der Waals surface area contributed by atoms with E-state index < -0.39 is 17.8 Å².